The first kappa shape index (κ1) is 23.0. The molecule has 1 rings (SSSR count). The van der Waals surface area contributed by atoms with Crippen LogP contribution in [0.5, 0.6) is 11.5 Å². The van der Waals surface area contributed by atoms with E-state index >= 15 is 0 Å². The Balaban J connectivity index is 2.19. The number of carbonyl (C=O) groups excluding carboxylic acids is 1. The standard InChI is InChI=1S/C18H24F5NO3/c1-26-14-10-9-13(12-15(14)27-2)8-6-4-3-5-7-11-24-16(25)17(19,20)18(21,22)23/h9-10,12H,3-8,11H2,1-2H3,(H,24,25). The zero-order valence-corrected chi connectivity index (χ0v) is 15.3. The molecule has 0 aliphatic carbocycles. The molecule has 0 radical (unpaired) electrons. The summed E-state index contributed by atoms with van der Waals surface area (Å²) in [6.45, 7) is -0.208. The molecule has 1 N–H and O–H groups in total. The summed E-state index contributed by atoms with van der Waals surface area (Å²) < 4.78 is 71.8. The molecule has 27 heavy (non-hydrogen) atoms. The van der Waals surface area contributed by atoms with Crippen LogP contribution in [0, 0.1) is 0 Å². The number of alkyl halides is 5. The zero-order chi connectivity index (χ0) is 20.5. The molecule has 4 nitrogen and oxygen atoms in total. The Morgan fingerprint density at radius 2 is 1.52 bits per heavy atom. The Morgan fingerprint density at radius 3 is 2.11 bits per heavy atom. The van der Waals surface area contributed by atoms with Crippen LogP contribution >= 0.6 is 0 Å². The van der Waals surface area contributed by atoms with E-state index in [4.69, 9.17) is 9.47 Å². The third-order valence-electron chi connectivity index (χ3n) is 4.02. The van der Waals surface area contributed by atoms with Gasteiger partial charge < -0.3 is 14.8 Å². The van der Waals surface area contributed by atoms with Gasteiger partial charge >= 0.3 is 12.1 Å². The van der Waals surface area contributed by atoms with E-state index in [0.717, 1.165) is 31.2 Å². The van der Waals surface area contributed by atoms with Crippen molar-refractivity contribution in [3.05, 3.63) is 23.8 Å². The van der Waals surface area contributed by atoms with Gasteiger partial charge in [-0.15, -0.1) is 0 Å². The van der Waals surface area contributed by atoms with E-state index in [2.05, 4.69) is 0 Å². The maximum atomic E-state index is 12.7. The Labute approximate surface area is 155 Å². The van der Waals surface area contributed by atoms with Crippen LogP contribution < -0.4 is 14.8 Å². The molecule has 9 heteroatoms. The van der Waals surface area contributed by atoms with Crippen molar-refractivity contribution in [1.29, 1.82) is 0 Å². The molecule has 0 heterocycles. The van der Waals surface area contributed by atoms with E-state index in [1.807, 2.05) is 18.2 Å². The smallest absolute Gasteiger partial charge is 0.463 e. The second kappa shape index (κ2) is 10.3. The molecule has 0 aromatic heterocycles. The lowest BCUT2D eigenvalue weighted by molar-refractivity contribution is -0.269. The molecule has 1 amide bonds. The molecule has 0 saturated heterocycles. The molecule has 0 atom stereocenters. The SMILES string of the molecule is COc1ccc(CCCCCCCNC(=O)C(F)(F)C(F)(F)F)cc1OC. The molecule has 1 aromatic rings. The average Bonchev–Trinajstić information content (AvgIpc) is 2.62. The highest BCUT2D eigenvalue weighted by Crippen LogP contribution is 2.35. The molecule has 154 valence electrons. The second-order valence-electron chi connectivity index (χ2n) is 6.04. The van der Waals surface area contributed by atoms with Gasteiger partial charge in [-0.25, -0.2) is 0 Å². The summed E-state index contributed by atoms with van der Waals surface area (Å²) in [5.74, 6) is -6.35. The van der Waals surface area contributed by atoms with Crippen molar-refractivity contribution < 1.29 is 36.2 Å². The van der Waals surface area contributed by atoms with Crippen molar-refractivity contribution in [1.82, 2.24) is 5.32 Å². The topological polar surface area (TPSA) is 47.6 Å². The van der Waals surface area contributed by atoms with Gasteiger partial charge in [0, 0.05) is 6.54 Å². The Hall–Kier alpha value is -2.06. The second-order valence-corrected chi connectivity index (χ2v) is 6.04. The minimum absolute atomic E-state index is 0.208. The first-order valence-electron chi connectivity index (χ1n) is 8.57. The van der Waals surface area contributed by atoms with Crippen molar-refractivity contribution in [2.24, 2.45) is 0 Å². The number of benzene rings is 1. The lowest BCUT2D eigenvalue weighted by atomic mass is 10.0. The zero-order valence-electron chi connectivity index (χ0n) is 15.3. The predicted octanol–water partition coefficient (Wildman–Crippen LogP) is 4.51. The molecular formula is C18H24F5NO3. The van der Waals surface area contributed by atoms with Gasteiger partial charge in [0.1, 0.15) is 0 Å². The highest BCUT2D eigenvalue weighted by atomic mass is 19.4. The van der Waals surface area contributed by atoms with Crippen LogP contribution in [0.25, 0.3) is 0 Å². The number of ether oxygens (including phenoxy) is 2. The monoisotopic (exact) mass is 397 g/mol. The molecular weight excluding hydrogens is 373 g/mol. The molecule has 0 bridgehead atoms. The quantitative estimate of drug-likeness (QED) is 0.442. The van der Waals surface area contributed by atoms with Crippen molar-refractivity contribution in [2.45, 2.75) is 50.6 Å². The van der Waals surface area contributed by atoms with E-state index in [-0.39, 0.29) is 6.54 Å². The number of unbranched alkanes of at least 4 members (excludes halogenated alkanes) is 4. The third kappa shape index (κ3) is 6.88. The highest BCUT2D eigenvalue weighted by molar-refractivity contribution is 5.84. The van der Waals surface area contributed by atoms with Gasteiger partial charge in [0.15, 0.2) is 11.5 Å². The number of hydrogen-bond donors (Lipinski definition) is 1. The minimum Gasteiger partial charge on any atom is -0.493 e. The lowest BCUT2D eigenvalue weighted by Crippen LogP contribution is -2.50. The first-order valence-corrected chi connectivity index (χ1v) is 8.57. The Kier molecular flexibility index (Phi) is 8.78. The minimum atomic E-state index is -5.87. The number of halogens is 5. The summed E-state index contributed by atoms with van der Waals surface area (Å²) >= 11 is 0. The largest absolute Gasteiger partial charge is 0.493 e. The van der Waals surface area contributed by atoms with E-state index in [0.29, 0.717) is 24.3 Å². The van der Waals surface area contributed by atoms with Gasteiger partial charge in [-0.3, -0.25) is 4.79 Å². The normalized spacial score (nSPS) is 12.0. The molecule has 0 aliphatic rings. The summed E-state index contributed by atoms with van der Waals surface area (Å²) in [7, 11) is 3.12. The van der Waals surface area contributed by atoms with Crippen molar-refractivity contribution >= 4 is 5.91 Å². The lowest BCUT2D eigenvalue weighted by Gasteiger charge is -2.18. The summed E-state index contributed by atoms with van der Waals surface area (Å²) in [5.41, 5.74) is 1.09. The highest BCUT2D eigenvalue weighted by Gasteiger charge is 2.63. The van der Waals surface area contributed by atoms with E-state index in [9.17, 15) is 26.7 Å². The Morgan fingerprint density at radius 1 is 0.926 bits per heavy atom. The van der Waals surface area contributed by atoms with Gasteiger partial charge in [0.05, 0.1) is 14.2 Å². The van der Waals surface area contributed by atoms with Crippen LogP contribution in [0.1, 0.15) is 37.7 Å². The maximum Gasteiger partial charge on any atom is 0.463 e. The fraction of sp³-hybridized carbons (Fsp3) is 0.611. The molecule has 0 unspecified atom stereocenters. The number of methoxy groups -OCH3 is 2. The van der Waals surface area contributed by atoms with Gasteiger partial charge in [-0.1, -0.05) is 25.3 Å². The van der Waals surface area contributed by atoms with E-state index in [1.54, 1.807) is 19.5 Å². The number of amides is 1. The average molecular weight is 397 g/mol. The molecule has 0 fully saturated rings. The fourth-order valence-corrected chi connectivity index (χ4v) is 2.46. The number of nitrogens with one attached hydrogen (secondary N) is 1. The number of carbonyl (C=O) groups is 1. The molecule has 0 aliphatic heterocycles. The van der Waals surface area contributed by atoms with Crippen LogP contribution in [0.15, 0.2) is 18.2 Å². The number of hydrogen-bond acceptors (Lipinski definition) is 3. The third-order valence-corrected chi connectivity index (χ3v) is 4.02. The van der Waals surface area contributed by atoms with Crippen LogP contribution in [0.4, 0.5) is 22.0 Å². The fourth-order valence-electron chi connectivity index (χ4n) is 2.46. The molecule has 1 aromatic carbocycles. The number of rotatable bonds is 11. The van der Waals surface area contributed by atoms with Gasteiger partial charge in [0.2, 0.25) is 0 Å². The molecule has 0 saturated carbocycles. The van der Waals surface area contributed by atoms with E-state index < -0.39 is 18.0 Å². The van der Waals surface area contributed by atoms with Crippen molar-refractivity contribution in [3.63, 3.8) is 0 Å². The maximum absolute atomic E-state index is 12.7. The van der Waals surface area contributed by atoms with Crippen LogP contribution in [0.3, 0.4) is 0 Å². The van der Waals surface area contributed by atoms with Crippen LogP contribution in [0.2, 0.25) is 0 Å². The van der Waals surface area contributed by atoms with Crippen molar-refractivity contribution in [3.8, 4) is 11.5 Å². The number of aryl methyl sites for hydroxylation is 1. The van der Waals surface area contributed by atoms with Crippen molar-refractivity contribution in [2.75, 3.05) is 20.8 Å². The summed E-state index contributed by atoms with van der Waals surface area (Å²) in [6, 6.07) is 5.67. The predicted molar refractivity (Wildman–Crippen MR) is 90.3 cm³/mol. The summed E-state index contributed by atoms with van der Waals surface area (Å²) in [4.78, 5) is 10.9. The summed E-state index contributed by atoms with van der Waals surface area (Å²) in [5, 5.41) is 1.64. The van der Waals surface area contributed by atoms with Crippen LogP contribution in [-0.2, 0) is 11.2 Å². The molecule has 0 spiro atoms. The van der Waals surface area contributed by atoms with Gasteiger partial charge in [-0.05, 0) is 37.0 Å². The summed E-state index contributed by atoms with van der Waals surface area (Å²) in [6.07, 6.45) is -1.51. The Bertz CT molecular complexity index is 605. The van der Waals surface area contributed by atoms with E-state index in [1.165, 1.54) is 0 Å². The van der Waals surface area contributed by atoms with Gasteiger partial charge in [0.25, 0.3) is 5.91 Å². The first-order chi connectivity index (χ1) is 12.6. The van der Waals surface area contributed by atoms with Gasteiger partial charge in [-0.2, -0.15) is 22.0 Å². The van der Waals surface area contributed by atoms with Crippen LogP contribution in [-0.4, -0.2) is 38.8 Å².